The summed E-state index contributed by atoms with van der Waals surface area (Å²) in [5.41, 5.74) is 8.02. The van der Waals surface area contributed by atoms with E-state index >= 15 is 0 Å². The number of halogens is 2. The second-order valence-electron chi connectivity index (χ2n) is 9.13. The van der Waals surface area contributed by atoms with E-state index in [2.05, 4.69) is 61.5 Å². The first kappa shape index (κ1) is 20.4. The Balaban J connectivity index is 1.75. The van der Waals surface area contributed by atoms with Crippen molar-refractivity contribution in [2.75, 3.05) is 0 Å². The molecule has 4 aromatic carbocycles. The van der Waals surface area contributed by atoms with Crippen LogP contribution in [-0.2, 0) is 6.42 Å². The van der Waals surface area contributed by atoms with Crippen LogP contribution in [0.4, 0.5) is 4.39 Å². The minimum atomic E-state index is -0.192. The highest BCUT2D eigenvalue weighted by Gasteiger charge is 2.24. The molecule has 0 aromatic heterocycles. The Bertz CT molecular complexity index is 1610. The van der Waals surface area contributed by atoms with Gasteiger partial charge in [0.2, 0.25) is 0 Å². The summed E-state index contributed by atoms with van der Waals surface area (Å²) in [6, 6.07) is 26.5. The first-order valence-corrected chi connectivity index (χ1v) is 12.0. The van der Waals surface area contributed by atoms with Crippen LogP contribution >= 0.6 is 11.6 Å². The standard InChI is InChI=1S/C31H24ClF/c1-19-5-2-3-6-24(19)25-7-4-8-27-26(25)15-16-28-29-18-23(33)14-11-21(29)17-30(31(27)28)20-9-12-22(32)13-10-20/h2-3,5-6,9-18,30H,4,7-8H2,1H3. The van der Waals surface area contributed by atoms with Crippen LogP contribution in [0.1, 0.15) is 46.6 Å². The Morgan fingerprint density at radius 2 is 1.61 bits per heavy atom. The number of rotatable bonds is 2. The molecular weight excluding hydrogens is 427 g/mol. The van der Waals surface area contributed by atoms with E-state index in [0.29, 0.717) is 0 Å². The molecule has 2 aliphatic carbocycles. The average molecular weight is 451 g/mol. The van der Waals surface area contributed by atoms with Crippen molar-refractivity contribution in [1.82, 2.24) is 0 Å². The van der Waals surface area contributed by atoms with Crippen molar-refractivity contribution < 1.29 is 4.39 Å². The third-order valence-corrected chi connectivity index (χ3v) is 7.45. The molecule has 1 atom stereocenters. The van der Waals surface area contributed by atoms with Crippen LogP contribution in [0, 0.1) is 23.2 Å². The molecule has 0 radical (unpaired) electrons. The molecule has 1 unspecified atom stereocenters. The SMILES string of the molecule is Cc1ccccc1C1=c2ccc3c(c2CCC1)C(c1ccc(Cl)cc1)C=c1ccc(F)cc1=3. The maximum Gasteiger partial charge on any atom is 0.123 e. The van der Waals surface area contributed by atoms with E-state index in [1.54, 1.807) is 12.1 Å². The van der Waals surface area contributed by atoms with Crippen LogP contribution in [0.15, 0.2) is 78.9 Å². The lowest BCUT2D eigenvalue weighted by atomic mass is 9.77. The lowest BCUT2D eigenvalue weighted by Crippen LogP contribution is -2.25. The van der Waals surface area contributed by atoms with E-state index in [1.807, 2.05) is 18.2 Å². The first-order chi connectivity index (χ1) is 16.1. The van der Waals surface area contributed by atoms with Crippen LogP contribution in [0.25, 0.3) is 11.6 Å². The fourth-order valence-electron chi connectivity index (χ4n) is 5.68. The van der Waals surface area contributed by atoms with Gasteiger partial charge in [-0.2, -0.15) is 0 Å². The molecule has 0 spiro atoms. The monoisotopic (exact) mass is 450 g/mol. The second kappa shape index (κ2) is 8.01. The van der Waals surface area contributed by atoms with Gasteiger partial charge in [0.25, 0.3) is 0 Å². The second-order valence-corrected chi connectivity index (χ2v) is 9.56. The van der Waals surface area contributed by atoms with Gasteiger partial charge in [-0.25, -0.2) is 4.39 Å². The summed E-state index contributed by atoms with van der Waals surface area (Å²) >= 11 is 6.21. The molecule has 2 aliphatic rings. The van der Waals surface area contributed by atoms with Gasteiger partial charge in [-0.3, -0.25) is 0 Å². The number of hydrogen-bond acceptors (Lipinski definition) is 0. The minimum absolute atomic E-state index is 0.112. The van der Waals surface area contributed by atoms with E-state index in [0.717, 1.165) is 39.9 Å². The van der Waals surface area contributed by atoms with Crippen molar-refractivity contribution in [1.29, 1.82) is 0 Å². The molecular formula is C31H24ClF. The van der Waals surface area contributed by atoms with Crippen molar-refractivity contribution in [2.24, 2.45) is 0 Å². The fourth-order valence-corrected chi connectivity index (χ4v) is 5.80. The predicted octanol–water partition coefficient (Wildman–Crippen LogP) is 6.54. The summed E-state index contributed by atoms with van der Waals surface area (Å²) < 4.78 is 14.3. The summed E-state index contributed by atoms with van der Waals surface area (Å²) in [5.74, 6) is -0.0793. The van der Waals surface area contributed by atoms with Gasteiger partial charge in [-0.15, -0.1) is 0 Å². The van der Waals surface area contributed by atoms with Crippen molar-refractivity contribution in [3.05, 3.63) is 138 Å². The molecule has 4 aromatic rings. The molecule has 162 valence electrons. The van der Waals surface area contributed by atoms with E-state index in [-0.39, 0.29) is 11.7 Å². The third-order valence-electron chi connectivity index (χ3n) is 7.20. The third kappa shape index (κ3) is 3.43. The first-order valence-electron chi connectivity index (χ1n) is 11.6. The summed E-state index contributed by atoms with van der Waals surface area (Å²) in [6.45, 7) is 2.19. The Labute approximate surface area is 198 Å². The maximum atomic E-state index is 14.3. The van der Waals surface area contributed by atoms with E-state index in [1.165, 1.54) is 38.6 Å². The molecule has 6 rings (SSSR count). The fraction of sp³-hybridized carbons (Fsp3) is 0.161. The Hall–Kier alpha value is -3.16. The van der Waals surface area contributed by atoms with Gasteiger partial charge < -0.3 is 0 Å². The zero-order valence-electron chi connectivity index (χ0n) is 18.5. The van der Waals surface area contributed by atoms with Crippen molar-refractivity contribution in [3.8, 4) is 0 Å². The van der Waals surface area contributed by atoms with Crippen molar-refractivity contribution in [2.45, 2.75) is 32.1 Å². The minimum Gasteiger partial charge on any atom is -0.207 e. The van der Waals surface area contributed by atoms with E-state index < -0.39 is 0 Å². The zero-order valence-corrected chi connectivity index (χ0v) is 19.3. The van der Waals surface area contributed by atoms with Gasteiger partial charge in [-0.1, -0.05) is 72.3 Å². The van der Waals surface area contributed by atoms with Crippen LogP contribution in [0.3, 0.4) is 0 Å². The lowest BCUT2D eigenvalue weighted by molar-refractivity contribution is 0.626. The average Bonchev–Trinajstić information content (AvgIpc) is 2.84. The van der Waals surface area contributed by atoms with Crippen LogP contribution in [-0.4, -0.2) is 0 Å². The predicted molar refractivity (Wildman–Crippen MR) is 134 cm³/mol. The summed E-state index contributed by atoms with van der Waals surface area (Å²) in [7, 11) is 0. The topological polar surface area (TPSA) is 0 Å². The molecule has 0 N–H and O–H groups in total. The Kier molecular flexibility index (Phi) is 4.96. The quantitative estimate of drug-likeness (QED) is 0.325. The lowest BCUT2D eigenvalue weighted by Gasteiger charge is -2.26. The highest BCUT2D eigenvalue weighted by Crippen LogP contribution is 2.35. The molecule has 0 amide bonds. The molecule has 0 nitrogen and oxygen atoms in total. The van der Waals surface area contributed by atoms with Crippen LogP contribution in [0.5, 0.6) is 0 Å². The largest absolute Gasteiger partial charge is 0.207 e. The van der Waals surface area contributed by atoms with E-state index in [4.69, 9.17) is 11.6 Å². The summed E-state index contributed by atoms with van der Waals surface area (Å²) in [6.07, 6.45) is 5.53. The molecule has 0 saturated heterocycles. The van der Waals surface area contributed by atoms with Crippen LogP contribution in [0.2, 0.25) is 5.02 Å². The zero-order chi connectivity index (χ0) is 22.5. The van der Waals surface area contributed by atoms with Crippen LogP contribution < -0.4 is 10.4 Å². The van der Waals surface area contributed by atoms with Gasteiger partial charge in [0, 0.05) is 10.9 Å². The Morgan fingerprint density at radius 3 is 2.42 bits per heavy atom. The van der Waals surface area contributed by atoms with Gasteiger partial charge >= 0.3 is 0 Å². The smallest absolute Gasteiger partial charge is 0.123 e. The molecule has 0 heterocycles. The highest BCUT2D eigenvalue weighted by atomic mass is 35.5. The van der Waals surface area contributed by atoms with Crippen molar-refractivity contribution in [3.63, 3.8) is 0 Å². The number of hydrogen-bond donors (Lipinski definition) is 0. The molecule has 0 saturated carbocycles. The molecule has 33 heavy (non-hydrogen) atoms. The number of fused-ring (bicyclic) bond motifs is 4. The number of benzene rings is 4. The molecule has 0 bridgehead atoms. The molecule has 2 heteroatoms. The highest BCUT2D eigenvalue weighted by molar-refractivity contribution is 6.30. The number of aryl methyl sites for hydroxylation is 1. The van der Waals surface area contributed by atoms with E-state index in [9.17, 15) is 4.39 Å². The van der Waals surface area contributed by atoms with Gasteiger partial charge in [0.15, 0.2) is 0 Å². The molecule has 0 aliphatic heterocycles. The summed E-state index contributed by atoms with van der Waals surface area (Å²) in [4.78, 5) is 0. The van der Waals surface area contributed by atoms with Gasteiger partial charge in [-0.05, 0) is 105 Å². The molecule has 0 fully saturated rings. The van der Waals surface area contributed by atoms with Gasteiger partial charge in [0.05, 0.1) is 0 Å². The maximum absolute atomic E-state index is 14.3. The van der Waals surface area contributed by atoms with Gasteiger partial charge in [0.1, 0.15) is 5.82 Å². The Morgan fingerprint density at radius 1 is 0.818 bits per heavy atom. The van der Waals surface area contributed by atoms with Crippen molar-refractivity contribution >= 4 is 23.3 Å². The normalized spacial score (nSPS) is 16.5. The summed E-state index contributed by atoms with van der Waals surface area (Å²) in [5, 5.41) is 5.31.